The van der Waals surface area contributed by atoms with E-state index in [1.54, 1.807) is 29.3 Å². The van der Waals surface area contributed by atoms with Crippen molar-refractivity contribution in [2.24, 2.45) is 0 Å². The summed E-state index contributed by atoms with van der Waals surface area (Å²) in [6, 6.07) is 0. The van der Waals surface area contributed by atoms with E-state index in [0.29, 0.717) is 13.1 Å². The third kappa shape index (κ3) is 11.7. The van der Waals surface area contributed by atoms with E-state index in [1.807, 2.05) is 38.1 Å². The fourth-order valence-corrected chi connectivity index (χ4v) is 1.58. The highest BCUT2D eigenvalue weighted by Crippen LogP contribution is 2.05. The van der Waals surface area contributed by atoms with Gasteiger partial charge in [-0.2, -0.15) is 0 Å². The number of carbonyl (C=O) groups excluding carboxylic acids is 1. The van der Waals surface area contributed by atoms with Crippen LogP contribution in [0.3, 0.4) is 0 Å². The average Bonchev–Trinajstić information content (AvgIpc) is 2.46. The highest BCUT2D eigenvalue weighted by Gasteiger charge is 1.99. The molecule has 4 heteroatoms. The summed E-state index contributed by atoms with van der Waals surface area (Å²) in [6.07, 6.45) is 13.9. The van der Waals surface area contributed by atoms with Crippen LogP contribution in [0.4, 0.5) is 4.39 Å². The molecule has 3 nitrogen and oxygen atoms in total. The van der Waals surface area contributed by atoms with Crippen LogP contribution in [-0.4, -0.2) is 43.4 Å². The summed E-state index contributed by atoms with van der Waals surface area (Å²) in [5, 5.41) is 0. The van der Waals surface area contributed by atoms with Crippen LogP contribution < -0.4 is 0 Å². The molecule has 0 saturated carbocycles. The van der Waals surface area contributed by atoms with Gasteiger partial charge in [-0.25, -0.2) is 4.39 Å². The lowest BCUT2D eigenvalue weighted by Gasteiger charge is -2.14. The normalized spacial score (nSPS) is 12.9. The van der Waals surface area contributed by atoms with Gasteiger partial charge in [-0.3, -0.25) is 4.79 Å². The first kappa shape index (κ1) is 19.9. The van der Waals surface area contributed by atoms with Gasteiger partial charge in [-0.15, -0.1) is 0 Å². The molecule has 0 atom stereocenters. The molecular formula is C18H27FN2O. The van der Waals surface area contributed by atoms with E-state index in [-0.39, 0.29) is 12.2 Å². The highest BCUT2D eigenvalue weighted by atomic mass is 19.1. The number of hydrogen-bond donors (Lipinski definition) is 0. The first-order valence-electron chi connectivity index (χ1n) is 7.31. The molecule has 0 N–H and O–H groups in total. The maximum atomic E-state index is 13.4. The van der Waals surface area contributed by atoms with Crippen LogP contribution >= 0.6 is 0 Å². The Morgan fingerprint density at radius 2 is 1.95 bits per heavy atom. The van der Waals surface area contributed by atoms with E-state index in [0.717, 1.165) is 12.8 Å². The van der Waals surface area contributed by atoms with Gasteiger partial charge < -0.3 is 9.80 Å². The van der Waals surface area contributed by atoms with Crippen molar-refractivity contribution < 1.29 is 9.18 Å². The van der Waals surface area contributed by atoms with Crippen molar-refractivity contribution in [3.63, 3.8) is 0 Å². The van der Waals surface area contributed by atoms with Gasteiger partial charge in [0.15, 0.2) is 0 Å². The maximum absolute atomic E-state index is 13.4. The number of amides is 1. The summed E-state index contributed by atoms with van der Waals surface area (Å²) < 4.78 is 13.4. The Labute approximate surface area is 133 Å². The van der Waals surface area contributed by atoms with Gasteiger partial charge >= 0.3 is 0 Å². The lowest BCUT2D eigenvalue weighted by atomic mass is 10.2. The Morgan fingerprint density at radius 3 is 2.55 bits per heavy atom. The number of hydrogen-bond acceptors (Lipinski definition) is 2. The number of carbonyl (C=O) groups is 1. The predicted molar refractivity (Wildman–Crippen MR) is 92.0 cm³/mol. The molecule has 0 fully saturated rings. The third-order valence-electron chi connectivity index (χ3n) is 2.83. The maximum Gasteiger partial charge on any atom is 0.209 e. The number of halogens is 1. The van der Waals surface area contributed by atoms with Crippen LogP contribution in [0.15, 0.2) is 60.6 Å². The van der Waals surface area contributed by atoms with Crippen molar-refractivity contribution in [1.29, 1.82) is 0 Å². The summed E-state index contributed by atoms with van der Waals surface area (Å²) >= 11 is 0. The average molecular weight is 306 g/mol. The lowest BCUT2D eigenvalue weighted by molar-refractivity contribution is -0.117. The Bertz CT molecular complexity index is 448. The zero-order chi connectivity index (χ0) is 16.8. The Hall–Kier alpha value is -2.10. The van der Waals surface area contributed by atoms with Gasteiger partial charge in [0.25, 0.3) is 0 Å². The first-order chi connectivity index (χ1) is 10.5. The molecule has 0 spiro atoms. The molecule has 0 aromatic rings. The molecule has 0 aliphatic rings. The minimum absolute atomic E-state index is 0.211. The van der Waals surface area contributed by atoms with E-state index in [9.17, 15) is 9.18 Å². The lowest BCUT2D eigenvalue weighted by Crippen LogP contribution is -2.23. The molecule has 0 saturated heterocycles. The van der Waals surface area contributed by atoms with Crippen molar-refractivity contribution >= 4 is 6.41 Å². The summed E-state index contributed by atoms with van der Waals surface area (Å²) in [5.41, 5.74) is 1.17. The molecule has 1 amide bonds. The zero-order valence-electron chi connectivity index (χ0n) is 13.8. The quantitative estimate of drug-likeness (QED) is 0.329. The third-order valence-corrected chi connectivity index (χ3v) is 2.83. The van der Waals surface area contributed by atoms with Gasteiger partial charge in [0.2, 0.25) is 6.41 Å². The second kappa shape index (κ2) is 12.6. The van der Waals surface area contributed by atoms with E-state index < -0.39 is 0 Å². The van der Waals surface area contributed by atoms with Gasteiger partial charge in [-0.05, 0) is 31.7 Å². The van der Waals surface area contributed by atoms with E-state index in [1.165, 1.54) is 11.6 Å². The van der Waals surface area contributed by atoms with Gasteiger partial charge in [0, 0.05) is 33.6 Å². The van der Waals surface area contributed by atoms with Gasteiger partial charge in [0.05, 0.1) is 0 Å². The van der Waals surface area contributed by atoms with Crippen molar-refractivity contribution in [3.05, 3.63) is 60.6 Å². The van der Waals surface area contributed by atoms with Crippen molar-refractivity contribution in [2.45, 2.75) is 19.8 Å². The van der Waals surface area contributed by atoms with Crippen LogP contribution in [0.25, 0.3) is 0 Å². The molecule has 0 aromatic heterocycles. The highest BCUT2D eigenvalue weighted by molar-refractivity contribution is 5.47. The molecule has 0 aliphatic carbocycles. The van der Waals surface area contributed by atoms with Crippen LogP contribution in [0, 0.1) is 0 Å². The first-order valence-corrected chi connectivity index (χ1v) is 7.31. The Balaban J connectivity index is 4.14. The van der Waals surface area contributed by atoms with Crippen molar-refractivity contribution in [1.82, 2.24) is 9.80 Å². The second-order valence-electron chi connectivity index (χ2n) is 5.19. The minimum atomic E-state index is -0.211. The molecule has 22 heavy (non-hydrogen) atoms. The van der Waals surface area contributed by atoms with Crippen LogP contribution in [-0.2, 0) is 4.79 Å². The monoisotopic (exact) mass is 306 g/mol. The zero-order valence-corrected chi connectivity index (χ0v) is 13.8. The largest absolute Gasteiger partial charge is 0.383 e. The molecule has 0 heterocycles. The molecule has 0 aliphatic heterocycles. The SMILES string of the molecule is C=C/C=C(/C)CCN(C=O)C/C=C/C/C(F)=C\C=C\N(C)C. The molecule has 0 rings (SSSR count). The standard InChI is InChI=1S/C18H27FN2O/c1-5-9-17(2)12-15-21(16-22)14-7-6-10-18(19)11-8-13-20(3)4/h5-9,11,13,16H,1,10,12,14-15H2,2-4H3/b7-6+,13-8+,17-9-,18-11+. The van der Waals surface area contributed by atoms with Crippen LogP contribution in [0.2, 0.25) is 0 Å². The molecule has 0 radical (unpaired) electrons. The van der Waals surface area contributed by atoms with Gasteiger partial charge in [-0.1, -0.05) is 36.5 Å². The molecule has 0 bridgehead atoms. The van der Waals surface area contributed by atoms with E-state index in [4.69, 9.17) is 0 Å². The summed E-state index contributed by atoms with van der Waals surface area (Å²) in [7, 11) is 3.75. The second-order valence-corrected chi connectivity index (χ2v) is 5.19. The predicted octanol–water partition coefficient (Wildman–Crippen LogP) is 3.84. The summed E-state index contributed by atoms with van der Waals surface area (Å²) in [6.45, 7) is 6.78. The molecule has 0 aromatic carbocycles. The number of rotatable bonds is 11. The van der Waals surface area contributed by atoms with E-state index >= 15 is 0 Å². The van der Waals surface area contributed by atoms with Crippen molar-refractivity contribution in [2.75, 3.05) is 27.2 Å². The molecule has 0 unspecified atom stereocenters. The van der Waals surface area contributed by atoms with Crippen LogP contribution in [0.1, 0.15) is 19.8 Å². The molecular weight excluding hydrogens is 279 g/mol. The van der Waals surface area contributed by atoms with Crippen molar-refractivity contribution in [3.8, 4) is 0 Å². The summed E-state index contributed by atoms with van der Waals surface area (Å²) in [4.78, 5) is 14.5. The fourth-order valence-electron chi connectivity index (χ4n) is 1.58. The summed E-state index contributed by atoms with van der Waals surface area (Å²) in [5.74, 6) is -0.211. The Kier molecular flexibility index (Phi) is 11.4. The fraction of sp³-hybridized carbons (Fsp3) is 0.389. The molecule has 122 valence electrons. The number of nitrogens with zero attached hydrogens (tertiary/aromatic N) is 2. The minimum Gasteiger partial charge on any atom is -0.383 e. The Morgan fingerprint density at radius 1 is 1.23 bits per heavy atom. The van der Waals surface area contributed by atoms with Gasteiger partial charge in [0.1, 0.15) is 5.83 Å². The van der Waals surface area contributed by atoms with E-state index in [2.05, 4.69) is 6.58 Å². The number of allylic oxidation sites excluding steroid dienone is 6. The smallest absolute Gasteiger partial charge is 0.209 e. The topological polar surface area (TPSA) is 23.6 Å². The van der Waals surface area contributed by atoms with Crippen LogP contribution in [0.5, 0.6) is 0 Å².